The molecular weight excluding hydrogens is 248 g/mol. The van der Waals surface area contributed by atoms with Gasteiger partial charge in [-0.05, 0) is 31.0 Å². The van der Waals surface area contributed by atoms with Gasteiger partial charge in [0.15, 0.2) is 0 Å². The van der Waals surface area contributed by atoms with Gasteiger partial charge in [-0.3, -0.25) is 4.79 Å². The van der Waals surface area contributed by atoms with Crippen LogP contribution in [-0.2, 0) is 9.53 Å². The van der Waals surface area contributed by atoms with E-state index in [2.05, 4.69) is 5.32 Å². The maximum absolute atomic E-state index is 12.0. The summed E-state index contributed by atoms with van der Waals surface area (Å²) in [7, 11) is 0. The van der Waals surface area contributed by atoms with Crippen LogP contribution in [0.2, 0.25) is 0 Å². The second-order valence-corrected chi connectivity index (χ2v) is 4.75. The Bertz CT molecular complexity index is 521. The zero-order valence-electron chi connectivity index (χ0n) is 10.6. The molecule has 0 spiro atoms. The Morgan fingerprint density at radius 3 is 2.79 bits per heavy atom. The lowest BCUT2D eigenvalue weighted by Crippen LogP contribution is -2.51. The molecule has 1 fully saturated rings. The van der Waals surface area contributed by atoms with Crippen molar-refractivity contribution < 1.29 is 19.4 Å². The number of rotatable bonds is 3. The number of amides is 1. The van der Waals surface area contributed by atoms with E-state index < -0.39 is 11.5 Å². The van der Waals surface area contributed by atoms with Crippen molar-refractivity contribution >= 4 is 17.6 Å². The summed E-state index contributed by atoms with van der Waals surface area (Å²) in [5, 5.41) is 11.7. The first-order chi connectivity index (χ1) is 8.92. The van der Waals surface area contributed by atoms with Gasteiger partial charge in [-0.2, -0.15) is 0 Å². The van der Waals surface area contributed by atoms with E-state index in [1.807, 2.05) is 0 Å². The smallest absolute Gasteiger partial charge is 0.336 e. The van der Waals surface area contributed by atoms with Crippen molar-refractivity contribution in [2.24, 2.45) is 5.73 Å². The van der Waals surface area contributed by atoms with Gasteiger partial charge in [-0.15, -0.1) is 0 Å². The molecule has 1 amide bonds. The summed E-state index contributed by atoms with van der Waals surface area (Å²) >= 11 is 0. The van der Waals surface area contributed by atoms with Crippen LogP contribution in [0.25, 0.3) is 0 Å². The number of hydrogen-bond donors (Lipinski definition) is 3. The molecule has 1 aromatic carbocycles. The molecule has 1 atom stereocenters. The highest BCUT2D eigenvalue weighted by atomic mass is 16.5. The summed E-state index contributed by atoms with van der Waals surface area (Å²) in [6.45, 7) is 2.33. The Labute approximate surface area is 110 Å². The summed E-state index contributed by atoms with van der Waals surface area (Å²) in [6.07, 6.45) is 0.455. The van der Waals surface area contributed by atoms with Crippen molar-refractivity contribution in [1.29, 1.82) is 0 Å². The number of carboxylic acid groups (broad SMARTS) is 1. The van der Waals surface area contributed by atoms with Gasteiger partial charge >= 0.3 is 5.97 Å². The minimum Gasteiger partial charge on any atom is -0.478 e. The average molecular weight is 264 g/mol. The van der Waals surface area contributed by atoms with Crippen LogP contribution in [0.5, 0.6) is 0 Å². The van der Waals surface area contributed by atoms with Gasteiger partial charge in [-0.25, -0.2) is 4.79 Å². The average Bonchev–Trinajstić information content (AvgIpc) is 2.79. The molecule has 4 N–H and O–H groups in total. The SMILES string of the molecule is Cc1ccc(NC(=O)C2(N)CCOC2)cc1C(=O)O. The highest BCUT2D eigenvalue weighted by Crippen LogP contribution is 2.20. The fourth-order valence-corrected chi connectivity index (χ4v) is 1.95. The Morgan fingerprint density at radius 2 is 2.21 bits per heavy atom. The summed E-state index contributed by atoms with van der Waals surface area (Å²) < 4.78 is 5.12. The van der Waals surface area contributed by atoms with Gasteiger partial charge in [0.1, 0.15) is 5.54 Å². The number of ether oxygens (including phenoxy) is 1. The molecule has 0 aromatic heterocycles. The highest BCUT2D eigenvalue weighted by molar-refractivity contribution is 5.99. The number of aryl methyl sites for hydroxylation is 1. The van der Waals surface area contributed by atoms with Crippen LogP contribution in [0.1, 0.15) is 22.3 Å². The van der Waals surface area contributed by atoms with Crippen LogP contribution in [-0.4, -0.2) is 35.7 Å². The van der Waals surface area contributed by atoms with Crippen LogP contribution in [0.3, 0.4) is 0 Å². The van der Waals surface area contributed by atoms with Crippen molar-refractivity contribution in [3.8, 4) is 0 Å². The van der Waals surface area contributed by atoms with Crippen molar-refractivity contribution in [2.45, 2.75) is 18.9 Å². The lowest BCUT2D eigenvalue weighted by Gasteiger charge is -2.20. The maximum Gasteiger partial charge on any atom is 0.336 e. The third kappa shape index (κ3) is 2.74. The fraction of sp³-hybridized carbons (Fsp3) is 0.385. The van der Waals surface area contributed by atoms with Crippen LogP contribution < -0.4 is 11.1 Å². The highest BCUT2D eigenvalue weighted by Gasteiger charge is 2.38. The number of nitrogens with two attached hydrogens (primary N) is 1. The van der Waals surface area contributed by atoms with Gasteiger partial charge in [0.25, 0.3) is 0 Å². The van der Waals surface area contributed by atoms with Gasteiger partial charge in [0.05, 0.1) is 12.2 Å². The zero-order chi connectivity index (χ0) is 14.0. The van der Waals surface area contributed by atoms with E-state index in [0.717, 1.165) is 0 Å². The molecule has 0 bridgehead atoms. The molecular formula is C13H16N2O4. The Hall–Kier alpha value is -1.92. The van der Waals surface area contributed by atoms with E-state index >= 15 is 0 Å². The van der Waals surface area contributed by atoms with E-state index in [1.54, 1.807) is 19.1 Å². The molecule has 1 saturated heterocycles. The first-order valence-electron chi connectivity index (χ1n) is 5.94. The molecule has 1 aromatic rings. The van der Waals surface area contributed by atoms with Crippen molar-refractivity contribution in [3.05, 3.63) is 29.3 Å². The van der Waals surface area contributed by atoms with Crippen molar-refractivity contribution in [2.75, 3.05) is 18.5 Å². The lowest BCUT2D eigenvalue weighted by molar-refractivity contribution is -0.121. The topological polar surface area (TPSA) is 102 Å². The number of hydrogen-bond acceptors (Lipinski definition) is 4. The molecule has 0 aliphatic carbocycles. The Morgan fingerprint density at radius 1 is 1.47 bits per heavy atom. The number of carbonyl (C=O) groups excluding carboxylic acids is 1. The van der Waals surface area contributed by atoms with Crippen molar-refractivity contribution in [3.63, 3.8) is 0 Å². The minimum absolute atomic E-state index is 0.159. The molecule has 1 unspecified atom stereocenters. The van der Waals surface area contributed by atoms with Crippen molar-refractivity contribution in [1.82, 2.24) is 0 Å². The largest absolute Gasteiger partial charge is 0.478 e. The first-order valence-corrected chi connectivity index (χ1v) is 5.94. The van der Waals surface area contributed by atoms with Gasteiger partial charge in [0.2, 0.25) is 5.91 Å². The van der Waals surface area contributed by atoms with Gasteiger partial charge in [-0.1, -0.05) is 6.07 Å². The summed E-state index contributed by atoms with van der Waals surface area (Å²) in [5.74, 6) is -1.38. The van der Waals surface area contributed by atoms with Crippen LogP contribution in [0.4, 0.5) is 5.69 Å². The third-order valence-corrected chi connectivity index (χ3v) is 3.23. The molecule has 2 rings (SSSR count). The summed E-state index contributed by atoms with van der Waals surface area (Å²) in [6, 6.07) is 4.72. The predicted octanol–water partition coefficient (Wildman–Crippen LogP) is 0.750. The molecule has 1 aliphatic rings. The van der Waals surface area contributed by atoms with Crippen LogP contribution in [0, 0.1) is 6.92 Å². The lowest BCUT2D eigenvalue weighted by atomic mass is 9.99. The Balaban J connectivity index is 2.17. The quantitative estimate of drug-likeness (QED) is 0.747. The zero-order valence-corrected chi connectivity index (χ0v) is 10.6. The molecule has 0 saturated carbocycles. The van der Waals surface area contributed by atoms with Gasteiger partial charge < -0.3 is 20.9 Å². The number of anilines is 1. The second-order valence-electron chi connectivity index (χ2n) is 4.75. The van der Waals surface area contributed by atoms with E-state index in [9.17, 15) is 9.59 Å². The number of nitrogens with one attached hydrogen (secondary N) is 1. The molecule has 6 nitrogen and oxygen atoms in total. The fourth-order valence-electron chi connectivity index (χ4n) is 1.95. The molecule has 6 heteroatoms. The summed E-state index contributed by atoms with van der Waals surface area (Å²) in [4.78, 5) is 23.1. The number of carbonyl (C=O) groups is 2. The third-order valence-electron chi connectivity index (χ3n) is 3.23. The standard InChI is InChI=1S/C13H16N2O4/c1-8-2-3-9(6-10(8)11(16)17)15-12(18)13(14)4-5-19-7-13/h2-3,6H,4-5,7,14H2,1H3,(H,15,18)(H,16,17). The number of carboxylic acids is 1. The van der Waals surface area contributed by atoms with E-state index in [1.165, 1.54) is 6.07 Å². The maximum atomic E-state index is 12.0. The first kappa shape index (κ1) is 13.5. The van der Waals surface area contributed by atoms with E-state index in [4.69, 9.17) is 15.6 Å². The predicted molar refractivity (Wildman–Crippen MR) is 69.1 cm³/mol. The minimum atomic E-state index is -1.03. The second kappa shape index (κ2) is 4.99. The molecule has 102 valence electrons. The molecule has 19 heavy (non-hydrogen) atoms. The molecule has 1 aliphatic heterocycles. The molecule has 1 heterocycles. The van der Waals surface area contributed by atoms with Crippen LogP contribution >= 0.6 is 0 Å². The summed E-state index contributed by atoms with van der Waals surface area (Å²) in [5.41, 5.74) is 6.11. The Kier molecular flexibility index (Phi) is 3.55. The van der Waals surface area contributed by atoms with E-state index in [0.29, 0.717) is 24.3 Å². The number of benzene rings is 1. The monoisotopic (exact) mass is 264 g/mol. The molecule has 0 radical (unpaired) electrons. The van der Waals surface area contributed by atoms with E-state index in [-0.39, 0.29) is 18.1 Å². The van der Waals surface area contributed by atoms with Gasteiger partial charge in [0, 0.05) is 12.3 Å². The van der Waals surface area contributed by atoms with Crippen LogP contribution in [0.15, 0.2) is 18.2 Å². The number of aromatic carboxylic acids is 1. The normalized spacial score (nSPS) is 22.2.